The molecule has 0 saturated carbocycles. The monoisotopic (exact) mass is 248 g/mol. The first-order valence-corrected chi connectivity index (χ1v) is 5.88. The Morgan fingerprint density at radius 2 is 2.33 bits per heavy atom. The number of halogens is 1. The van der Waals surface area contributed by atoms with Crippen LogP contribution in [-0.2, 0) is 4.74 Å². The van der Waals surface area contributed by atoms with Crippen molar-refractivity contribution in [2.24, 2.45) is 0 Å². The van der Waals surface area contributed by atoms with Gasteiger partial charge in [-0.15, -0.1) is 10.2 Å². The molecule has 3 rings (SSSR count). The number of aromatic nitrogens is 4. The third-order valence-electron chi connectivity index (χ3n) is 3.08. The van der Waals surface area contributed by atoms with Crippen LogP contribution < -0.4 is 0 Å². The first kappa shape index (κ1) is 11.3. The molecule has 5 nitrogen and oxygen atoms in total. The molecule has 18 heavy (non-hydrogen) atoms. The molecule has 94 valence electrons. The predicted molar refractivity (Wildman–Crippen MR) is 62.4 cm³/mol. The van der Waals surface area contributed by atoms with Crippen molar-refractivity contribution >= 4 is 0 Å². The molecule has 1 fully saturated rings. The smallest absolute Gasteiger partial charge is 0.204 e. The van der Waals surface area contributed by atoms with Crippen molar-refractivity contribution in [3.8, 4) is 11.4 Å². The molecule has 6 heteroatoms. The van der Waals surface area contributed by atoms with Crippen LogP contribution in [0.2, 0.25) is 0 Å². The first-order valence-electron chi connectivity index (χ1n) is 5.88. The summed E-state index contributed by atoms with van der Waals surface area (Å²) < 4.78 is 18.5. The van der Waals surface area contributed by atoms with Crippen molar-refractivity contribution in [2.45, 2.75) is 19.4 Å². The molecule has 1 atom stereocenters. The molecule has 2 aromatic rings. The van der Waals surface area contributed by atoms with E-state index in [4.69, 9.17) is 4.74 Å². The van der Waals surface area contributed by atoms with Crippen molar-refractivity contribution in [2.75, 3.05) is 13.2 Å². The molecule has 1 unspecified atom stereocenters. The summed E-state index contributed by atoms with van der Waals surface area (Å²) in [6, 6.07) is 4.97. The molecule has 1 aromatic carbocycles. The summed E-state index contributed by atoms with van der Waals surface area (Å²) in [5, 5.41) is 12.4. The maximum atomic E-state index is 13.2. The van der Waals surface area contributed by atoms with Gasteiger partial charge in [-0.1, -0.05) is 0 Å². The highest BCUT2D eigenvalue weighted by Gasteiger charge is 2.20. The van der Waals surface area contributed by atoms with Crippen LogP contribution in [0.25, 0.3) is 11.4 Å². The standard InChI is InChI=1S/C12H13FN4O/c1-8-6-9(2-3-11(8)13)12-14-16-17(15-12)10-4-5-18-7-10/h2-3,6,10H,4-5,7H2,1H3. The van der Waals surface area contributed by atoms with Crippen molar-refractivity contribution < 1.29 is 9.13 Å². The molecule has 2 heterocycles. The Morgan fingerprint density at radius 3 is 3.06 bits per heavy atom. The second-order valence-corrected chi connectivity index (χ2v) is 4.41. The Bertz CT molecular complexity index is 563. The zero-order valence-corrected chi connectivity index (χ0v) is 10.0. The number of hydrogen-bond acceptors (Lipinski definition) is 4. The van der Waals surface area contributed by atoms with Crippen LogP contribution in [0.5, 0.6) is 0 Å². The van der Waals surface area contributed by atoms with Gasteiger partial charge in [-0.2, -0.15) is 4.80 Å². The SMILES string of the molecule is Cc1cc(-c2nnn(C3CCOC3)n2)ccc1F. The van der Waals surface area contributed by atoms with Gasteiger partial charge in [0.25, 0.3) is 0 Å². The van der Waals surface area contributed by atoms with E-state index in [0.29, 0.717) is 18.0 Å². The van der Waals surface area contributed by atoms with E-state index in [-0.39, 0.29) is 11.9 Å². The Balaban J connectivity index is 1.89. The van der Waals surface area contributed by atoms with Gasteiger partial charge >= 0.3 is 0 Å². The van der Waals surface area contributed by atoms with E-state index >= 15 is 0 Å². The lowest BCUT2D eigenvalue weighted by atomic mass is 10.1. The Morgan fingerprint density at radius 1 is 1.44 bits per heavy atom. The highest BCUT2D eigenvalue weighted by atomic mass is 19.1. The number of tetrazole rings is 1. The van der Waals surface area contributed by atoms with E-state index in [0.717, 1.165) is 18.6 Å². The number of nitrogens with zero attached hydrogens (tertiary/aromatic N) is 4. The van der Waals surface area contributed by atoms with E-state index in [2.05, 4.69) is 15.4 Å². The van der Waals surface area contributed by atoms with Crippen LogP contribution in [0.4, 0.5) is 4.39 Å². The normalized spacial score (nSPS) is 19.3. The fraction of sp³-hybridized carbons (Fsp3) is 0.417. The van der Waals surface area contributed by atoms with Crippen molar-refractivity contribution in [1.29, 1.82) is 0 Å². The number of benzene rings is 1. The van der Waals surface area contributed by atoms with Gasteiger partial charge in [0.1, 0.15) is 5.82 Å². The fourth-order valence-corrected chi connectivity index (χ4v) is 1.98. The summed E-state index contributed by atoms with van der Waals surface area (Å²) in [4.78, 5) is 1.58. The van der Waals surface area contributed by atoms with Gasteiger partial charge in [0.15, 0.2) is 0 Å². The highest BCUT2D eigenvalue weighted by molar-refractivity contribution is 5.55. The van der Waals surface area contributed by atoms with Gasteiger partial charge in [0.2, 0.25) is 5.82 Å². The van der Waals surface area contributed by atoms with E-state index in [1.165, 1.54) is 6.07 Å². The molecule has 1 aliphatic rings. The van der Waals surface area contributed by atoms with E-state index in [1.807, 2.05) is 0 Å². The fourth-order valence-electron chi connectivity index (χ4n) is 1.98. The molecule has 0 aliphatic carbocycles. The van der Waals surface area contributed by atoms with Crippen molar-refractivity contribution in [1.82, 2.24) is 20.2 Å². The summed E-state index contributed by atoms with van der Waals surface area (Å²) in [6.45, 7) is 3.07. The van der Waals surface area contributed by atoms with Crippen LogP contribution in [0.1, 0.15) is 18.0 Å². The van der Waals surface area contributed by atoms with Crippen LogP contribution in [0.15, 0.2) is 18.2 Å². The zero-order valence-electron chi connectivity index (χ0n) is 10.0. The van der Waals surface area contributed by atoms with Crippen molar-refractivity contribution in [3.63, 3.8) is 0 Å². The minimum atomic E-state index is -0.227. The molecular formula is C12H13FN4O. The van der Waals surface area contributed by atoms with Gasteiger partial charge in [0.05, 0.1) is 12.6 Å². The van der Waals surface area contributed by atoms with Crippen LogP contribution >= 0.6 is 0 Å². The number of aryl methyl sites for hydroxylation is 1. The lowest BCUT2D eigenvalue weighted by Crippen LogP contribution is -2.12. The van der Waals surface area contributed by atoms with Crippen LogP contribution in [0.3, 0.4) is 0 Å². The summed E-state index contributed by atoms with van der Waals surface area (Å²) in [5.74, 6) is 0.292. The molecule has 0 amide bonds. The maximum Gasteiger partial charge on any atom is 0.204 e. The molecule has 0 N–H and O–H groups in total. The molecule has 1 aromatic heterocycles. The summed E-state index contributed by atoms with van der Waals surface area (Å²) in [5.41, 5.74) is 1.35. The summed E-state index contributed by atoms with van der Waals surface area (Å²) in [7, 11) is 0. The largest absolute Gasteiger partial charge is 0.379 e. The summed E-state index contributed by atoms with van der Waals surface area (Å²) >= 11 is 0. The van der Waals surface area contributed by atoms with Gasteiger partial charge < -0.3 is 4.74 Å². The van der Waals surface area contributed by atoms with E-state index < -0.39 is 0 Å². The topological polar surface area (TPSA) is 52.8 Å². The third-order valence-corrected chi connectivity index (χ3v) is 3.08. The molecule has 0 radical (unpaired) electrons. The maximum absolute atomic E-state index is 13.2. The predicted octanol–water partition coefficient (Wildman–Crippen LogP) is 1.75. The average Bonchev–Trinajstić information content (AvgIpc) is 3.01. The highest BCUT2D eigenvalue weighted by Crippen LogP contribution is 2.20. The second-order valence-electron chi connectivity index (χ2n) is 4.41. The zero-order chi connectivity index (χ0) is 12.5. The molecule has 1 aliphatic heterocycles. The van der Waals surface area contributed by atoms with Crippen molar-refractivity contribution in [3.05, 3.63) is 29.6 Å². The second kappa shape index (κ2) is 4.45. The average molecular weight is 248 g/mol. The molecule has 0 spiro atoms. The lowest BCUT2D eigenvalue weighted by Gasteiger charge is -2.03. The third kappa shape index (κ3) is 1.99. The van der Waals surface area contributed by atoms with Gasteiger partial charge in [-0.05, 0) is 42.3 Å². The molecule has 0 bridgehead atoms. The van der Waals surface area contributed by atoms with E-state index in [9.17, 15) is 4.39 Å². The van der Waals surface area contributed by atoms with Crippen LogP contribution in [-0.4, -0.2) is 33.4 Å². The Kier molecular flexibility index (Phi) is 2.79. The Labute approximate surface area is 104 Å². The Hall–Kier alpha value is -1.82. The first-order chi connectivity index (χ1) is 8.74. The van der Waals surface area contributed by atoms with Gasteiger partial charge in [-0.25, -0.2) is 4.39 Å². The minimum Gasteiger partial charge on any atom is -0.379 e. The van der Waals surface area contributed by atoms with Crippen LogP contribution in [0, 0.1) is 12.7 Å². The number of rotatable bonds is 2. The van der Waals surface area contributed by atoms with Gasteiger partial charge in [-0.3, -0.25) is 0 Å². The van der Waals surface area contributed by atoms with E-state index in [1.54, 1.807) is 23.9 Å². The molecular weight excluding hydrogens is 235 g/mol. The quantitative estimate of drug-likeness (QED) is 0.812. The van der Waals surface area contributed by atoms with Gasteiger partial charge in [0, 0.05) is 12.2 Å². The number of ether oxygens (including phenoxy) is 1. The summed E-state index contributed by atoms with van der Waals surface area (Å²) in [6.07, 6.45) is 0.901. The number of hydrogen-bond donors (Lipinski definition) is 0. The minimum absolute atomic E-state index is 0.160. The molecule has 1 saturated heterocycles. The lowest BCUT2D eigenvalue weighted by molar-refractivity contribution is 0.181.